The first-order valence-corrected chi connectivity index (χ1v) is 9.09. The fraction of sp³-hybridized carbons (Fsp3) is 0.263. The van der Waals surface area contributed by atoms with Gasteiger partial charge in [0.1, 0.15) is 11.6 Å². The Labute approximate surface area is 163 Å². The molecule has 6 nitrogen and oxygen atoms in total. The normalized spacial score (nSPS) is 23.2. The van der Waals surface area contributed by atoms with Crippen LogP contribution in [-0.4, -0.2) is 24.8 Å². The van der Waals surface area contributed by atoms with Gasteiger partial charge in [-0.25, -0.2) is 14.0 Å². The van der Waals surface area contributed by atoms with Crippen molar-refractivity contribution in [1.82, 2.24) is 5.32 Å². The number of nitrogens with zero attached hydrogens (tertiary/aromatic N) is 1. The maximum atomic E-state index is 14.5. The Kier molecular flexibility index (Phi) is 4.10. The third-order valence-electron chi connectivity index (χ3n) is 4.84. The summed E-state index contributed by atoms with van der Waals surface area (Å²) < 4.78 is 26.0. The number of carbonyl (C=O) groups is 2. The van der Waals surface area contributed by atoms with E-state index in [4.69, 9.17) is 9.47 Å². The highest BCUT2D eigenvalue weighted by Crippen LogP contribution is 2.46. The van der Waals surface area contributed by atoms with Crippen molar-refractivity contribution in [1.29, 1.82) is 0 Å². The molecular formula is C19H16BrFN2O4. The molecule has 0 saturated carbocycles. The molecule has 0 unspecified atom stereocenters. The Balaban J connectivity index is 1.77. The molecule has 2 heterocycles. The summed E-state index contributed by atoms with van der Waals surface area (Å²) in [6.45, 7) is 1.75. The summed E-state index contributed by atoms with van der Waals surface area (Å²) in [4.78, 5) is 25.9. The highest BCUT2D eigenvalue weighted by Gasteiger charge is 2.50. The van der Waals surface area contributed by atoms with Gasteiger partial charge in [0.2, 0.25) is 0 Å². The summed E-state index contributed by atoms with van der Waals surface area (Å²) >= 11 is 3.22. The molecule has 2 aromatic rings. The first-order valence-electron chi connectivity index (χ1n) is 8.29. The van der Waals surface area contributed by atoms with Crippen LogP contribution in [0, 0.1) is 5.82 Å². The molecule has 2 aliphatic heterocycles. The van der Waals surface area contributed by atoms with Crippen LogP contribution in [-0.2, 0) is 4.74 Å². The molecule has 0 radical (unpaired) electrons. The van der Waals surface area contributed by atoms with Gasteiger partial charge in [0, 0.05) is 16.5 Å². The molecule has 2 bridgehead atoms. The summed E-state index contributed by atoms with van der Waals surface area (Å²) in [5.41, 5.74) is 0.131. The number of methoxy groups -OCH3 is 1. The van der Waals surface area contributed by atoms with Gasteiger partial charge in [0.25, 0.3) is 0 Å². The van der Waals surface area contributed by atoms with Crippen LogP contribution >= 0.6 is 15.9 Å². The molecule has 27 heavy (non-hydrogen) atoms. The lowest BCUT2D eigenvalue weighted by Gasteiger charge is -2.50. The maximum Gasteiger partial charge on any atom is 0.337 e. The van der Waals surface area contributed by atoms with Gasteiger partial charge in [-0.3, -0.25) is 4.90 Å². The van der Waals surface area contributed by atoms with Crippen LogP contribution in [0.5, 0.6) is 5.75 Å². The molecule has 0 spiro atoms. The molecule has 8 heteroatoms. The van der Waals surface area contributed by atoms with Crippen molar-refractivity contribution in [2.45, 2.75) is 25.1 Å². The monoisotopic (exact) mass is 434 g/mol. The smallest absolute Gasteiger partial charge is 0.337 e. The van der Waals surface area contributed by atoms with Gasteiger partial charge in [-0.15, -0.1) is 0 Å². The molecule has 2 atom stereocenters. The van der Waals surface area contributed by atoms with E-state index in [2.05, 4.69) is 21.2 Å². The molecular weight excluding hydrogens is 419 g/mol. The lowest BCUT2D eigenvalue weighted by atomic mass is 9.89. The largest absolute Gasteiger partial charge is 0.467 e. The van der Waals surface area contributed by atoms with Gasteiger partial charge in [0.05, 0.1) is 24.4 Å². The molecule has 2 aromatic carbocycles. The SMILES string of the molecule is COC(=O)c1ccc2c(c1)[C@@H]1C[C@@](C)(O2)N(c2ccc(Br)cc2F)C(=O)N1. The number of rotatable bonds is 2. The second-order valence-corrected chi connectivity index (χ2v) is 7.57. The number of ether oxygens (including phenoxy) is 2. The third-order valence-corrected chi connectivity index (χ3v) is 5.34. The zero-order valence-corrected chi connectivity index (χ0v) is 16.2. The van der Waals surface area contributed by atoms with Crippen molar-refractivity contribution in [3.8, 4) is 5.75 Å². The number of benzene rings is 2. The quantitative estimate of drug-likeness (QED) is 0.721. The van der Waals surface area contributed by atoms with E-state index in [-0.39, 0.29) is 11.7 Å². The number of anilines is 1. The number of halogens is 2. The van der Waals surface area contributed by atoms with Crippen LogP contribution in [0.1, 0.15) is 35.3 Å². The molecule has 2 amide bonds. The molecule has 2 aliphatic rings. The Hall–Kier alpha value is -2.61. The van der Waals surface area contributed by atoms with E-state index in [0.717, 1.165) is 0 Å². The van der Waals surface area contributed by atoms with E-state index in [0.29, 0.717) is 27.8 Å². The average molecular weight is 435 g/mol. The minimum atomic E-state index is -1.07. The van der Waals surface area contributed by atoms with E-state index in [1.54, 1.807) is 31.2 Å². The molecule has 140 valence electrons. The summed E-state index contributed by atoms with van der Waals surface area (Å²) in [7, 11) is 1.31. The topological polar surface area (TPSA) is 67.9 Å². The van der Waals surface area contributed by atoms with Crippen molar-refractivity contribution >= 4 is 33.6 Å². The van der Waals surface area contributed by atoms with Gasteiger partial charge in [-0.05, 0) is 43.3 Å². The molecule has 1 fully saturated rings. The van der Waals surface area contributed by atoms with E-state index < -0.39 is 23.5 Å². The first-order chi connectivity index (χ1) is 12.8. The fourth-order valence-electron chi connectivity index (χ4n) is 3.65. The molecule has 0 aliphatic carbocycles. The number of fused-ring (bicyclic) bond motifs is 4. The van der Waals surface area contributed by atoms with Crippen LogP contribution in [0.4, 0.5) is 14.9 Å². The minimum Gasteiger partial charge on any atom is -0.467 e. The number of esters is 1. The summed E-state index contributed by atoms with van der Waals surface area (Å²) in [6, 6.07) is 8.60. The predicted molar refractivity (Wildman–Crippen MR) is 99.3 cm³/mol. The fourth-order valence-corrected chi connectivity index (χ4v) is 3.98. The van der Waals surface area contributed by atoms with Crippen LogP contribution in [0.3, 0.4) is 0 Å². The van der Waals surface area contributed by atoms with E-state index in [9.17, 15) is 14.0 Å². The van der Waals surface area contributed by atoms with Crippen molar-refractivity contribution in [3.63, 3.8) is 0 Å². The number of urea groups is 1. The van der Waals surface area contributed by atoms with Crippen LogP contribution in [0.2, 0.25) is 0 Å². The second-order valence-electron chi connectivity index (χ2n) is 6.66. The standard InChI is InChI=1S/C19H16BrFN2O4/c1-19-9-14(12-7-10(17(24)26-2)3-6-16(12)27-19)22-18(25)23(19)15-5-4-11(20)8-13(15)21/h3-8,14H,9H2,1-2H3,(H,22,25)/t14-,19+/m0/s1. The average Bonchev–Trinajstić information content (AvgIpc) is 2.62. The van der Waals surface area contributed by atoms with Gasteiger partial charge in [-0.2, -0.15) is 0 Å². The van der Waals surface area contributed by atoms with E-state index in [1.165, 1.54) is 24.1 Å². The van der Waals surface area contributed by atoms with Crippen molar-refractivity contribution in [3.05, 3.63) is 57.8 Å². The highest BCUT2D eigenvalue weighted by molar-refractivity contribution is 9.10. The van der Waals surface area contributed by atoms with Crippen molar-refractivity contribution in [2.24, 2.45) is 0 Å². The van der Waals surface area contributed by atoms with Gasteiger partial charge in [-0.1, -0.05) is 15.9 Å². The highest BCUT2D eigenvalue weighted by atomic mass is 79.9. The van der Waals surface area contributed by atoms with Gasteiger partial charge >= 0.3 is 12.0 Å². The van der Waals surface area contributed by atoms with Crippen molar-refractivity contribution < 1.29 is 23.5 Å². The summed E-state index contributed by atoms with van der Waals surface area (Å²) in [5, 5.41) is 2.88. The Bertz CT molecular complexity index is 967. The zero-order chi connectivity index (χ0) is 19.3. The number of nitrogens with one attached hydrogen (secondary N) is 1. The lowest BCUT2D eigenvalue weighted by Crippen LogP contribution is -2.65. The lowest BCUT2D eigenvalue weighted by molar-refractivity contribution is 0.0372. The van der Waals surface area contributed by atoms with E-state index >= 15 is 0 Å². The van der Waals surface area contributed by atoms with Crippen LogP contribution in [0.15, 0.2) is 40.9 Å². The molecule has 1 saturated heterocycles. The van der Waals surface area contributed by atoms with Crippen molar-refractivity contribution in [2.75, 3.05) is 12.0 Å². The first kappa shape index (κ1) is 17.8. The Morgan fingerprint density at radius 3 is 2.85 bits per heavy atom. The summed E-state index contributed by atoms with van der Waals surface area (Å²) in [6.07, 6.45) is 0.395. The van der Waals surface area contributed by atoms with Crippen LogP contribution in [0.25, 0.3) is 0 Å². The molecule has 0 aromatic heterocycles. The predicted octanol–water partition coefficient (Wildman–Crippen LogP) is 4.14. The number of hydrogen-bond acceptors (Lipinski definition) is 4. The van der Waals surface area contributed by atoms with Crippen LogP contribution < -0.4 is 15.0 Å². The number of amides is 2. The zero-order valence-electron chi connectivity index (χ0n) is 14.6. The summed E-state index contributed by atoms with van der Waals surface area (Å²) in [5.74, 6) is -0.467. The van der Waals surface area contributed by atoms with E-state index in [1.807, 2.05) is 0 Å². The Morgan fingerprint density at radius 2 is 2.15 bits per heavy atom. The Morgan fingerprint density at radius 1 is 1.37 bits per heavy atom. The minimum absolute atomic E-state index is 0.131. The van der Waals surface area contributed by atoms with Gasteiger partial charge in [0.15, 0.2) is 5.72 Å². The maximum absolute atomic E-state index is 14.5. The molecule has 4 rings (SSSR count). The number of carbonyl (C=O) groups excluding carboxylic acids is 2. The molecule has 1 N–H and O–H groups in total. The third kappa shape index (κ3) is 2.84. The second kappa shape index (κ2) is 6.23. The van der Waals surface area contributed by atoms with Gasteiger partial charge < -0.3 is 14.8 Å². The number of hydrogen-bond donors (Lipinski definition) is 1.